The Morgan fingerprint density at radius 2 is 1.39 bits per heavy atom. The zero-order chi connectivity index (χ0) is 19.3. The Morgan fingerprint density at radius 3 is 2.14 bits per heavy atom. The quantitative estimate of drug-likeness (QED) is 0.421. The number of nitrogens with one attached hydrogen (secondary N) is 1. The van der Waals surface area contributed by atoms with Gasteiger partial charge in [0.15, 0.2) is 0 Å². The molecule has 0 radical (unpaired) electrons. The number of anilines is 1. The number of amides is 1. The highest BCUT2D eigenvalue weighted by Crippen LogP contribution is 2.33. The van der Waals surface area contributed by atoms with Crippen LogP contribution in [-0.4, -0.2) is 11.0 Å². The minimum absolute atomic E-state index is 0.162. The third kappa shape index (κ3) is 3.73. The molecule has 0 aliphatic heterocycles. The van der Waals surface area contributed by atoms with Crippen LogP contribution in [-0.2, 0) is 0 Å². The van der Waals surface area contributed by atoms with Gasteiger partial charge in [-0.3, -0.25) is 4.79 Å². The number of rotatable bonds is 4. The van der Waals surface area contributed by atoms with E-state index in [9.17, 15) is 9.90 Å². The molecule has 2 N–H and O–H groups in total. The van der Waals surface area contributed by atoms with Crippen LogP contribution >= 0.6 is 0 Å². The van der Waals surface area contributed by atoms with Crippen molar-refractivity contribution in [3.63, 3.8) is 0 Å². The molecule has 0 saturated heterocycles. The fourth-order valence-corrected chi connectivity index (χ4v) is 2.87. The first-order chi connectivity index (χ1) is 13.7. The van der Waals surface area contributed by atoms with Gasteiger partial charge in [-0.15, -0.1) is 5.11 Å². The Kier molecular flexibility index (Phi) is 4.80. The Bertz CT molecular complexity index is 1150. The summed E-state index contributed by atoms with van der Waals surface area (Å²) in [6.07, 6.45) is 0. The van der Waals surface area contributed by atoms with E-state index < -0.39 is 0 Å². The Labute approximate surface area is 162 Å². The molecule has 5 heteroatoms. The number of carbonyl (C=O) groups excluding carboxylic acids is 1. The molecule has 136 valence electrons. The molecular formula is C23H17N3O2. The maximum Gasteiger partial charge on any atom is 0.255 e. The zero-order valence-electron chi connectivity index (χ0n) is 14.9. The normalized spacial score (nSPS) is 11.0. The van der Waals surface area contributed by atoms with Crippen LogP contribution in [0, 0.1) is 0 Å². The number of azo groups is 1. The van der Waals surface area contributed by atoms with Gasteiger partial charge in [0.05, 0.1) is 11.4 Å². The molecule has 0 atom stereocenters. The van der Waals surface area contributed by atoms with Gasteiger partial charge in [-0.2, -0.15) is 5.11 Å². The van der Waals surface area contributed by atoms with Crippen molar-refractivity contribution >= 4 is 33.7 Å². The predicted octanol–water partition coefficient (Wildman–Crippen LogP) is 6.21. The van der Waals surface area contributed by atoms with Crippen LogP contribution in [0.15, 0.2) is 101 Å². The molecule has 4 aromatic carbocycles. The first-order valence-corrected chi connectivity index (χ1v) is 8.80. The largest absolute Gasteiger partial charge is 0.507 e. The molecular weight excluding hydrogens is 350 g/mol. The SMILES string of the molecule is O=C(Nc1ccc(N=Nc2ccc(O)c3ccccc23)cc1)c1ccccc1. The fourth-order valence-electron chi connectivity index (χ4n) is 2.87. The van der Waals surface area contributed by atoms with E-state index in [4.69, 9.17) is 0 Å². The van der Waals surface area contributed by atoms with Crippen molar-refractivity contribution in [1.29, 1.82) is 0 Å². The van der Waals surface area contributed by atoms with Gasteiger partial charge in [0.2, 0.25) is 0 Å². The number of phenolic OH excluding ortho intramolecular Hbond substituents is 1. The van der Waals surface area contributed by atoms with E-state index in [-0.39, 0.29) is 11.7 Å². The molecule has 0 aliphatic rings. The third-order valence-electron chi connectivity index (χ3n) is 4.31. The highest BCUT2D eigenvalue weighted by molar-refractivity contribution is 6.04. The molecule has 0 aliphatic carbocycles. The second kappa shape index (κ2) is 7.72. The van der Waals surface area contributed by atoms with Gasteiger partial charge in [-0.25, -0.2) is 0 Å². The topological polar surface area (TPSA) is 74.0 Å². The van der Waals surface area contributed by atoms with Crippen LogP contribution in [0.2, 0.25) is 0 Å². The number of nitrogens with zero attached hydrogens (tertiary/aromatic N) is 2. The minimum Gasteiger partial charge on any atom is -0.507 e. The lowest BCUT2D eigenvalue weighted by molar-refractivity contribution is 0.102. The van der Waals surface area contributed by atoms with E-state index in [1.807, 2.05) is 42.5 Å². The summed E-state index contributed by atoms with van der Waals surface area (Å²) in [7, 11) is 0. The molecule has 28 heavy (non-hydrogen) atoms. The number of phenols is 1. The summed E-state index contributed by atoms with van der Waals surface area (Å²) in [5, 5.41) is 23.0. The Morgan fingerprint density at radius 1 is 0.714 bits per heavy atom. The van der Waals surface area contributed by atoms with E-state index in [0.717, 1.165) is 10.8 Å². The van der Waals surface area contributed by atoms with Gasteiger partial charge in [0.25, 0.3) is 5.91 Å². The van der Waals surface area contributed by atoms with Crippen molar-refractivity contribution in [1.82, 2.24) is 0 Å². The number of carbonyl (C=O) groups is 1. The molecule has 0 bridgehead atoms. The fraction of sp³-hybridized carbons (Fsp3) is 0. The lowest BCUT2D eigenvalue weighted by Crippen LogP contribution is -2.11. The van der Waals surface area contributed by atoms with Gasteiger partial charge < -0.3 is 10.4 Å². The standard InChI is InChI=1S/C23H17N3O2/c27-22-15-14-21(19-8-4-5-9-20(19)22)26-25-18-12-10-17(11-13-18)24-23(28)16-6-2-1-3-7-16/h1-15,27H,(H,24,28). The van der Waals surface area contributed by atoms with Gasteiger partial charge in [-0.05, 0) is 48.5 Å². The van der Waals surface area contributed by atoms with Gasteiger partial charge in [0, 0.05) is 22.0 Å². The molecule has 0 unspecified atom stereocenters. The van der Waals surface area contributed by atoms with Crippen LogP contribution in [0.25, 0.3) is 10.8 Å². The smallest absolute Gasteiger partial charge is 0.255 e. The van der Waals surface area contributed by atoms with Crippen molar-refractivity contribution in [3.05, 3.63) is 96.6 Å². The minimum atomic E-state index is -0.162. The summed E-state index contributed by atoms with van der Waals surface area (Å²) in [6, 6.07) is 27.0. The number of benzene rings is 4. The molecule has 0 aromatic heterocycles. The number of hydrogen-bond acceptors (Lipinski definition) is 4. The maximum absolute atomic E-state index is 12.2. The van der Waals surface area contributed by atoms with E-state index in [0.29, 0.717) is 22.6 Å². The summed E-state index contributed by atoms with van der Waals surface area (Å²) in [5.74, 6) is 0.0543. The van der Waals surface area contributed by atoms with Crippen LogP contribution in [0.5, 0.6) is 5.75 Å². The van der Waals surface area contributed by atoms with Crippen LogP contribution < -0.4 is 5.32 Å². The average Bonchev–Trinajstić information content (AvgIpc) is 2.75. The van der Waals surface area contributed by atoms with Crippen molar-refractivity contribution in [3.8, 4) is 5.75 Å². The molecule has 1 amide bonds. The van der Waals surface area contributed by atoms with E-state index in [1.165, 1.54) is 0 Å². The summed E-state index contributed by atoms with van der Waals surface area (Å²) >= 11 is 0. The van der Waals surface area contributed by atoms with Crippen LogP contribution in [0.1, 0.15) is 10.4 Å². The summed E-state index contributed by atoms with van der Waals surface area (Å²) in [4.78, 5) is 12.2. The summed E-state index contributed by atoms with van der Waals surface area (Å²) < 4.78 is 0. The molecule has 0 spiro atoms. The van der Waals surface area contributed by atoms with Gasteiger partial charge >= 0.3 is 0 Å². The van der Waals surface area contributed by atoms with Crippen molar-refractivity contribution in [2.24, 2.45) is 10.2 Å². The predicted molar refractivity (Wildman–Crippen MR) is 111 cm³/mol. The monoisotopic (exact) mass is 367 g/mol. The van der Waals surface area contributed by atoms with E-state index in [1.54, 1.807) is 48.5 Å². The Balaban J connectivity index is 1.51. The molecule has 0 fully saturated rings. The van der Waals surface area contributed by atoms with Gasteiger partial charge in [0.1, 0.15) is 5.75 Å². The first kappa shape index (κ1) is 17.4. The second-order valence-electron chi connectivity index (χ2n) is 6.22. The summed E-state index contributed by atoms with van der Waals surface area (Å²) in [6.45, 7) is 0. The molecule has 0 heterocycles. The highest BCUT2D eigenvalue weighted by atomic mass is 16.3. The molecule has 0 saturated carbocycles. The zero-order valence-corrected chi connectivity index (χ0v) is 14.9. The maximum atomic E-state index is 12.2. The number of fused-ring (bicyclic) bond motifs is 1. The van der Waals surface area contributed by atoms with Crippen LogP contribution in [0.3, 0.4) is 0 Å². The number of hydrogen-bond donors (Lipinski definition) is 2. The van der Waals surface area contributed by atoms with Gasteiger partial charge in [-0.1, -0.05) is 42.5 Å². The molecule has 5 nitrogen and oxygen atoms in total. The average molecular weight is 367 g/mol. The molecule has 4 rings (SSSR count). The lowest BCUT2D eigenvalue weighted by atomic mass is 10.1. The van der Waals surface area contributed by atoms with E-state index in [2.05, 4.69) is 15.5 Å². The summed E-state index contributed by atoms with van der Waals surface area (Å²) in [5.41, 5.74) is 2.62. The highest BCUT2D eigenvalue weighted by Gasteiger charge is 2.06. The van der Waals surface area contributed by atoms with Crippen molar-refractivity contribution < 1.29 is 9.90 Å². The van der Waals surface area contributed by atoms with Crippen molar-refractivity contribution in [2.45, 2.75) is 0 Å². The first-order valence-electron chi connectivity index (χ1n) is 8.80. The molecule has 4 aromatic rings. The number of aromatic hydroxyl groups is 1. The lowest BCUT2D eigenvalue weighted by Gasteiger charge is -2.05. The Hall–Kier alpha value is -3.99. The second-order valence-corrected chi connectivity index (χ2v) is 6.22. The van der Waals surface area contributed by atoms with Crippen molar-refractivity contribution in [2.75, 3.05) is 5.32 Å². The van der Waals surface area contributed by atoms with E-state index >= 15 is 0 Å². The van der Waals surface area contributed by atoms with Crippen LogP contribution in [0.4, 0.5) is 17.1 Å². The third-order valence-corrected chi connectivity index (χ3v) is 4.31.